The molecule has 1 atom stereocenters. The molecule has 0 unspecified atom stereocenters. The van der Waals surface area contributed by atoms with Gasteiger partial charge in [-0.3, -0.25) is 0 Å². The van der Waals surface area contributed by atoms with Crippen LogP contribution in [-0.2, 0) is 4.79 Å². The maximum atomic E-state index is 9.68. The summed E-state index contributed by atoms with van der Waals surface area (Å²) in [5.41, 5.74) is 0. The van der Waals surface area contributed by atoms with Gasteiger partial charge in [0.25, 0.3) is 0 Å². The van der Waals surface area contributed by atoms with Crippen molar-refractivity contribution in [2.45, 2.75) is 13.0 Å². The maximum absolute atomic E-state index is 9.68. The fourth-order valence-corrected chi connectivity index (χ4v) is 0.136. The average Bonchev–Trinajstić information content (AvgIpc) is 1.68. The van der Waals surface area contributed by atoms with Crippen LogP contribution in [0.1, 0.15) is 6.92 Å². The summed E-state index contributed by atoms with van der Waals surface area (Å²) in [6.07, 6.45) is 2.31. The lowest BCUT2D eigenvalue weighted by Crippen LogP contribution is -2.21. The average molecular weight is 98.1 g/mol. The van der Waals surface area contributed by atoms with Crippen LogP contribution in [0.4, 0.5) is 0 Å². The molecule has 3 heteroatoms. The minimum Gasteiger partial charge on any atom is -0.314 e. The van der Waals surface area contributed by atoms with E-state index in [2.05, 4.69) is 5.32 Å². The molecule has 38 valence electrons. The fourth-order valence-electron chi connectivity index (χ4n) is 0.136. The highest BCUT2D eigenvalue weighted by atomic mass is 16.1. The molecule has 7 heavy (non-hydrogen) atoms. The van der Waals surface area contributed by atoms with Gasteiger partial charge >= 0.3 is 0 Å². The molecule has 0 aliphatic heterocycles. The molecule has 0 bridgehead atoms. The lowest BCUT2D eigenvalue weighted by Gasteiger charge is -1.93. The third kappa shape index (κ3) is 2.77. The molecule has 0 saturated heterocycles. The molecule has 0 saturated carbocycles. The Morgan fingerprint density at radius 3 is 2.71 bits per heavy atom. The van der Waals surface area contributed by atoms with Gasteiger partial charge in [0.05, 0.1) is 6.04 Å². The SMILES string of the molecule is C[C@@H](C=O)NC#N. The number of carbonyl (C=O) groups excluding carboxylic acids is 1. The van der Waals surface area contributed by atoms with E-state index in [0.717, 1.165) is 0 Å². The molecule has 0 fully saturated rings. The Hall–Kier alpha value is -1.04. The highest BCUT2D eigenvalue weighted by Gasteiger charge is 1.90. The van der Waals surface area contributed by atoms with E-state index in [1.165, 1.54) is 0 Å². The molecular formula is C4H6N2O. The van der Waals surface area contributed by atoms with Crippen molar-refractivity contribution < 1.29 is 4.79 Å². The molecule has 3 nitrogen and oxygen atoms in total. The van der Waals surface area contributed by atoms with Gasteiger partial charge in [-0.1, -0.05) is 0 Å². The number of nitriles is 1. The predicted molar refractivity (Wildman–Crippen MR) is 24.3 cm³/mol. The molecular weight excluding hydrogens is 92.1 g/mol. The van der Waals surface area contributed by atoms with Crippen molar-refractivity contribution >= 4 is 6.29 Å². The summed E-state index contributed by atoms with van der Waals surface area (Å²) in [4.78, 5) is 9.68. The number of carbonyl (C=O) groups is 1. The second-order valence-corrected chi connectivity index (χ2v) is 1.18. The predicted octanol–water partition coefficient (Wildman–Crippen LogP) is -0.356. The Kier molecular flexibility index (Phi) is 2.69. The third-order valence-electron chi connectivity index (χ3n) is 0.496. The molecule has 0 radical (unpaired) electrons. The molecule has 0 aliphatic carbocycles. The first-order valence-electron chi connectivity index (χ1n) is 1.91. The van der Waals surface area contributed by atoms with Crippen LogP contribution in [0.25, 0.3) is 0 Å². The summed E-state index contributed by atoms with van der Waals surface area (Å²) in [6, 6.07) is -0.343. The number of aldehydes is 1. The highest BCUT2D eigenvalue weighted by Crippen LogP contribution is 1.66. The standard InChI is InChI=1S/C4H6N2O/c1-4(2-7)6-3-5/h2,4,6H,1H3/t4-/m0/s1. The summed E-state index contributed by atoms with van der Waals surface area (Å²) in [7, 11) is 0. The Balaban J connectivity index is 3.21. The van der Waals surface area contributed by atoms with Crippen LogP contribution in [-0.4, -0.2) is 12.3 Å². The Labute approximate surface area is 41.9 Å². The van der Waals surface area contributed by atoms with Crippen molar-refractivity contribution in [1.29, 1.82) is 5.26 Å². The lowest BCUT2D eigenvalue weighted by atomic mass is 10.4. The zero-order valence-electron chi connectivity index (χ0n) is 4.01. The minimum absolute atomic E-state index is 0.343. The highest BCUT2D eigenvalue weighted by molar-refractivity contribution is 5.56. The molecule has 0 aromatic rings. The summed E-state index contributed by atoms with van der Waals surface area (Å²) >= 11 is 0. The van der Waals surface area contributed by atoms with Gasteiger partial charge in [0, 0.05) is 0 Å². The maximum Gasteiger partial charge on any atom is 0.177 e. The van der Waals surface area contributed by atoms with Gasteiger partial charge in [0.2, 0.25) is 0 Å². The van der Waals surface area contributed by atoms with Gasteiger partial charge < -0.3 is 10.1 Å². The van der Waals surface area contributed by atoms with Crippen molar-refractivity contribution in [2.75, 3.05) is 0 Å². The van der Waals surface area contributed by atoms with Crippen LogP contribution in [0.3, 0.4) is 0 Å². The summed E-state index contributed by atoms with van der Waals surface area (Å²) in [6.45, 7) is 1.61. The second kappa shape index (κ2) is 3.16. The fraction of sp³-hybridized carbons (Fsp3) is 0.500. The zero-order chi connectivity index (χ0) is 5.70. The van der Waals surface area contributed by atoms with Crippen LogP contribution in [0.2, 0.25) is 0 Å². The molecule has 0 aliphatic rings. The topological polar surface area (TPSA) is 52.9 Å². The molecule has 0 aromatic heterocycles. The minimum atomic E-state index is -0.343. The molecule has 0 aromatic carbocycles. The molecule has 0 spiro atoms. The van der Waals surface area contributed by atoms with E-state index in [9.17, 15) is 4.79 Å². The smallest absolute Gasteiger partial charge is 0.177 e. The van der Waals surface area contributed by atoms with Crippen molar-refractivity contribution in [3.63, 3.8) is 0 Å². The van der Waals surface area contributed by atoms with E-state index < -0.39 is 0 Å². The van der Waals surface area contributed by atoms with E-state index >= 15 is 0 Å². The van der Waals surface area contributed by atoms with Gasteiger partial charge in [-0.05, 0) is 6.92 Å². The first-order valence-corrected chi connectivity index (χ1v) is 1.91. The van der Waals surface area contributed by atoms with Crippen LogP contribution >= 0.6 is 0 Å². The van der Waals surface area contributed by atoms with Crippen LogP contribution in [0.15, 0.2) is 0 Å². The zero-order valence-corrected chi connectivity index (χ0v) is 4.01. The van der Waals surface area contributed by atoms with Gasteiger partial charge in [-0.25, -0.2) is 0 Å². The first-order chi connectivity index (χ1) is 3.31. The van der Waals surface area contributed by atoms with Crippen molar-refractivity contribution in [3.05, 3.63) is 0 Å². The van der Waals surface area contributed by atoms with E-state index in [0.29, 0.717) is 6.29 Å². The van der Waals surface area contributed by atoms with Crippen LogP contribution < -0.4 is 5.32 Å². The number of nitrogens with one attached hydrogen (secondary N) is 1. The van der Waals surface area contributed by atoms with Gasteiger partial charge in [0.15, 0.2) is 6.19 Å². The third-order valence-corrected chi connectivity index (χ3v) is 0.496. The number of hydrogen-bond acceptors (Lipinski definition) is 3. The van der Waals surface area contributed by atoms with Gasteiger partial charge in [-0.2, -0.15) is 5.26 Å². The second-order valence-electron chi connectivity index (χ2n) is 1.18. The number of nitrogens with zero attached hydrogens (tertiary/aromatic N) is 1. The van der Waals surface area contributed by atoms with Crippen molar-refractivity contribution in [2.24, 2.45) is 0 Å². The van der Waals surface area contributed by atoms with Crippen molar-refractivity contribution in [3.8, 4) is 6.19 Å². The van der Waals surface area contributed by atoms with E-state index in [-0.39, 0.29) is 6.04 Å². The Bertz CT molecular complexity index is 94.4. The molecule has 0 rings (SSSR count). The number of hydrogen-bond donors (Lipinski definition) is 1. The summed E-state index contributed by atoms with van der Waals surface area (Å²) in [5, 5.41) is 10.1. The Morgan fingerprint density at radius 1 is 2.00 bits per heavy atom. The van der Waals surface area contributed by atoms with E-state index in [1.807, 2.05) is 0 Å². The normalized spacial score (nSPS) is 11.4. The largest absolute Gasteiger partial charge is 0.314 e. The van der Waals surface area contributed by atoms with E-state index in [4.69, 9.17) is 5.26 Å². The van der Waals surface area contributed by atoms with Gasteiger partial charge in [-0.15, -0.1) is 0 Å². The quantitative estimate of drug-likeness (QED) is 0.291. The van der Waals surface area contributed by atoms with E-state index in [1.54, 1.807) is 13.1 Å². The van der Waals surface area contributed by atoms with Crippen LogP contribution in [0.5, 0.6) is 0 Å². The van der Waals surface area contributed by atoms with Crippen LogP contribution in [0, 0.1) is 11.5 Å². The first kappa shape index (κ1) is 5.96. The lowest BCUT2D eigenvalue weighted by molar-refractivity contribution is -0.109. The van der Waals surface area contributed by atoms with Crippen molar-refractivity contribution in [1.82, 2.24) is 5.32 Å². The summed E-state index contributed by atoms with van der Waals surface area (Å²) in [5.74, 6) is 0. The monoisotopic (exact) mass is 98.0 g/mol. The molecule has 1 N–H and O–H groups in total. The Morgan fingerprint density at radius 2 is 2.57 bits per heavy atom. The molecule has 0 heterocycles. The number of rotatable bonds is 2. The summed E-state index contributed by atoms with van der Waals surface area (Å²) < 4.78 is 0. The van der Waals surface area contributed by atoms with Gasteiger partial charge in [0.1, 0.15) is 6.29 Å². The molecule has 0 amide bonds.